The predicted molar refractivity (Wildman–Crippen MR) is 244 cm³/mol. The fraction of sp³-hybridized carbons (Fsp3) is 0.321. The van der Waals surface area contributed by atoms with Crippen LogP contribution in [0.15, 0.2) is 97.1 Å². The Morgan fingerprint density at radius 1 is 0.500 bits per heavy atom. The average molecular weight is 799 g/mol. The van der Waals surface area contributed by atoms with E-state index in [2.05, 4.69) is 139 Å². The molecule has 5 heteroatoms. The van der Waals surface area contributed by atoms with Gasteiger partial charge in [-0.2, -0.15) is 0 Å². The van der Waals surface area contributed by atoms with E-state index in [4.69, 9.17) is 14.2 Å². The summed E-state index contributed by atoms with van der Waals surface area (Å²) in [6, 6.07) is 37.9. The highest BCUT2D eigenvalue weighted by molar-refractivity contribution is 7.81. The van der Waals surface area contributed by atoms with Crippen molar-refractivity contribution in [2.24, 2.45) is 0 Å². The van der Waals surface area contributed by atoms with E-state index in [0.717, 1.165) is 73.0 Å². The lowest BCUT2D eigenvalue weighted by atomic mass is 9.74. The van der Waals surface area contributed by atoms with Gasteiger partial charge in [-0.25, -0.2) is 0 Å². The molecule has 0 fully saturated rings. The summed E-state index contributed by atoms with van der Waals surface area (Å²) >= 11 is 0. The van der Waals surface area contributed by atoms with Crippen molar-refractivity contribution in [3.8, 4) is 34.5 Å². The van der Waals surface area contributed by atoms with Gasteiger partial charge in [0.15, 0.2) is 0 Å². The van der Waals surface area contributed by atoms with Crippen molar-refractivity contribution in [3.05, 3.63) is 142 Å². The molecule has 0 aliphatic carbocycles. The van der Waals surface area contributed by atoms with Gasteiger partial charge in [0.25, 0.3) is 0 Å². The standard InChI is InChI=1S/C53H52O3P2/c1-7-35-13-9-11-33-25-39-51(49(27-33)57-45-23-31(3)15-19-41(45)54-43-21-17-37(35)29-47(43)57)56-52-40(53(39,5)6)26-34-12-10-14-36(8-2)38-18-22-44-48(30-38)58(50(52)28-34)46-24-32(4)16-20-42(46)55-44/h15-30,35-36H,7-14H2,1-6H3. The number of ether oxygens (including phenoxy) is 3. The Hall–Kier alpha value is -4.42. The van der Waals surface area contributed by atoms with Crippen LogP contribution in [0.25, 0.3) is 0 Å². The maximum atomic E-state index is 7.80. The molecule has 5 heterocycles. The van der Waals surface area contributed by atoms with Gasteiger partial charge >= 0.3 is 0 Å². The SMILES string of the molecule is CCC1CCCc2cc(c3c(c2)C(C)(C)c2cc4cc(c2O3)P2c3cc(C)ccc3Oc3ccc(cc32)C(CC)CCC4)P2c3cc(C)ccc3Oc3ccc1cc32. The fourth-order valence-corrected chi connectivity index (χ4v) is 16.0. The second-order valence-corrected chi connectivity index (χ2v) is 22.2. The number of aryl methyl sites for hydroxylation is 4. The summed E-state index contributed by atoms with van der Waals surface area (Å²) in [5, 5.41) is 7.85. The van der Waals surface area contributed by atoms with Crippen molar-refractivity contribution in [1.29, 1.82) is 0 Å². The third kappa shape index (κ3) is 5.74. The topological polar surface area (TPSA) is 27.7 Å². The molecule has 0 N–H and O–H groups in total. The molecule has 0 amide bonds. The van der Waals surface area contributed by atoms with Crippen LogP contribution in [0.3, 0.4) is 0 Å². The maximum Gasteiger partial charge on any atom is 0.139 e. The Morgan fingerprint density at radius 2 is 0.914 bits per heavy atom. The molecular formula is C53H52O3P2. The fourth-order valence-electron chi connectivity index (χ4n) is 10.6. The third-order valence-electron chi connectivity index (χ3n) is 13.9. The number of hydrogen-bond donors (Lipinski definition) is 0. The number of hydrogen-bond acceptors (Lipinski definition) is 3. The largest absolute Gasteiger partial charge is 0.456 e. The third-order valence-corrected chi connectivity index (χ3v) is 18.8. The van der Waals surface area contributed by atoms with Gasteiger partial charge in [-0.1, -0.05) is 75.2 Å². The molecule has 4 atom stereocenters. The van der Waals surface area contributed by atoms with Crippen LogP contribution in [0.5, 0.6) is 34.5 Å². The van der Waals surface area contributed by atoms with E-state index in [9.17, 15) is 0 Å². The van der Waals surface area contributed by atoms with Crippen LogP contribution in [-0.4, -0.2) is 0 Å². The van der Waals surface area contributed by atoms with Crippen molar-refractivity contribution in [2.45, 2.75) is 110 Å². The van der Waals surface area contributed by atoms with Gasteiger partial charge in [-0.3, -0.25) is 0 Å². The zero-order chi connectivity index (χ0) is 39.4. The molecule has 5 aliphatic rings. The van der Waals surface area contributed by atoms with Crippen LogP contribution >= 0.6 is 15.8 Å². The Labute approximate surface area is 346 Å². The Bertz CT molecular complexity index is 2490. The molecule has 0 aromatic heterocycles. The molecule has 0 spiro atoms. The first-order valence-corrected chi connectivity index (χ1v) is 24.3. The first-order chi connectivity index (χ1) is 28.2. The Kier molecular flexibility index (Phi) is 8.74. The number of benzene rings is 6. The highest BCUT2D eigenvalue weighted by atomic mass is 31.1. The summed E-state index contributed by atoms with van der Waals surface area (Å²) in [6.07, 6.45) is 9.09. The summed E-state index contributed by atoms with van der Waals surface area (Å²) in [7, 11) is -1.99. The van der Waals surface area contributed by atoms with E-state index in [1.165, 1.54) is 89.2 Å². The molecule has 11 rings (SSSR count). The minimum Gasteiger partial charge on any atom is -0.456 e. The predicted octanol–water partition coefficient (Wildman–Crippen LogP) is 12.1. The first-order valence-electron chi connectivity index (χ1n) is 21.7. The minimum absolute atomic E-state index is 0.291. The van der Waals surface area contributed by atoms with Crippen LogP contribution in [0.4, 0.5) is 0 Å². The number of fused-ring (bicyclic) bond motifs is 16. The normalized spacial score (nSPS) is 21.6. The van der Waals surface area contributed by atoms with Crippen molar-refractivity contribution >= 4 is 47.7 Å². The van der Waals surface area contributed by atoms with Gasteiger partial charge in [-0.15, -0.1) is 0 Å². The van der Waals surface area contributed by atoms with E-state index in [-0.39, 0.29) is 5.41 Å². The summed E-state index contributed by atoms with van der Waals surface area (Å²) in [5.41, 5.74) is 10.6. The van der Waals surface area contributed by atoms with Gasteiger partial charge in [0.1, 0.15) is 34.5 Å². The summed E-state index contributed by atoms with van der Waals surface area (Å²) < 4.78 is 21.4. The average Bonchev–Trinajstić information content (AvgIpc) is 3.25. The van der Waals surface area contributed by atoms with E-state index >= 15 is 0 Å². The van der Waals surface area contributed by atoms with Gasteiger partial charge in [0.05, 0.1) is 0 Å². The van der Waals surface area contributed by atoms with Crippen molar-refractivity contribution in [3.63, 3.8) is 0 Å². The lowest BCUT2D eigenvalue weighted by Gasteiger charge is -2.40. The Balaban J connectivity index is 1.19. The monoisotopic (exact) mass is 798 g/mol. The first kappa shape index (κ1) is 36.6. The van der Waals surface area contributed by atoms with Gasteiger partial charge < -0.3 is 14.2 Å². The molecule has 292 valence electrons. The van der Waals surface area contributed by atoms with Crippen LogP contribution in [0, 0.1) is 13.8 Å². The lowest BCUT2D eigenvalue weighted by molar-refractivity contribution is 0.423. The van der Waals surface area contributed by atoms with Gasteiger partial charge in [0.2, 0.25) is 0 Å². The Morgan fingerprint density at radius 3 is 1.34 bits per heavy atom. The summed E-state index contributed by atoms with van der Waals surface area (Å²) in [6.45, 7) is 14.1. The van der Waals surface area contributed by atoms with E-state index in [0.29, 0.717) is 11.8 Å². The smallest absolute Gasteiger partial charge is 0.139 e. The zero-order valence-electron chi connectivity index (χ0n) is 34.7. The molecule has 6 aromatic carbocycles. The van der Waals surface area contributed by atoms with Crippen molar-refractivity contribution in [2.75, 3.05) is 0 Å². The molecule has 58 heavy (non-hydrogen) atoms. The molecule has 0 saturated carbocycles. The van der Waals surface area contributed by atoms with Gasteiger partial charge in [-0.05, 0) is 176 Å². The highest BCUT2D eigenvalue weighted by Crippen LogP contribution is 2.57. The van der Waals surface area contributed by atoms with Gasteiger partial charge in [0, 0.05) is 48.4 Å². The lowest BCUT2D eigenvalue weighted by Crippen LogP contribution is -2.35. The quantitative estimate of drug-likeness (QED) is 0.163. The van der Waals surface area contributed by atoms with Crippen LogP contribution < -0.4 is 46.0 Å². The molecule has 6 aromatic rings. The summed E-state index contributed by atoms with van der Waals surface area (Å²) in [5.74, 6) is 7.08. The molecule has 5 aliphatic heterocycles. The molecule has 4 unspecified atom stereocenters. The summed E-state index contributed by atoms with van der Waals surface area (Å²) in [4.78, 5) is 0. The molecule has 8 bridgehead atoms. The second kappa shape index (κ2) is 13.8. The second-order valence-electron chi connectivity index (χ2n) is 18.0. The molecule has 0 saturated heterocycles. The highest BCUT2D eigenvalue weighted by Gasteiger charge is 2.43. The van der Waals surface area contributed by atoms with Crippen molar-refractivity contribution in [1.82, 2.24) is 0 Å². The van der Waals surface area contributed by atoms with Crippen LogP contribution in [-0.2, 0) is 18.3 Å². The molecule has 3 nitrogen and oxygen atoms in total. The molecule has 0 radical (unpaired) electrons. The van der Waals surface area contributed by atoms with E-state index in [1.54, 1.807) is 0 Å². The van der Waals surface area contributed by atoms with E-state index < -0.39 is 15.8 Å². The van der Waals surface area contributed by atoms with Crippen LogP contribution in [0.1, 0.15) is 123 Å². The van der Waals surface area contributed by atoms with Crippen molar-refractivity contribution < 1.29 is 14.2 Å². The van der Waals surface area contributed by atoms with Crippen LogP contribution in [0.2, 0.25) is 0 Å². The maximum absolute atomic E-state index is 7.80. The number of rotatable bonds is 2. The molecular weight excluding hydrogens is 747 g/mol. The minimum atomic E-state index is -0.993. The van der Waals surface area contributed by atoms with E-state index in [1.807, 2.05) is 0 Å². The zero-order valence-corrected chi connectivity index (χ0v) is 36.5.